The number of amides is 1. The Morgan fingerprint density at radius 2 is 1.91 bits per heavy atom. The van der Waals surface area contributed by atoms with Crippen LogP contribution in [0.4, 0.5) is 11.5 Å². The van der Waals surface area contributed by atoms with Crippen molar-refractivity contribution in [1.29, 1.82) is 0 Å². The van der Waals surface area contributed by atoms with E-state index in [9.17, 15) is 4.79 Å². The highest BCUT2D eigenvalue weighted by Gasteiger charge is 2.09. The second-order valence-corrected chi connectivity index (χ2v) is 5.15. The Morgan fingerprint density at radius 3 is 2.48 bits per heavy atom. The van der Waals surface area contributed by atoms with Gasteiger partial charge in [-0.1, -0.05) is 6.92 Å². The molecule has 0 bridgehead atoms. The molecule has 23 heavy (non-hydrogen) atoms. The number of nitrogens with zero attached hydrogens (tertiary/aromatic N) is 2. The molecule has 1 amide bonds. The lowest BCUT2D eigenvalue weighted by Crippen LogP contribution is -2.17. The summed E-state index contributed by atoms with van der Waals surface area (Å²) in [4.78, 5) is 20.5. The van der Waals surface area contributed by atoms with Crippen LogP contribution in [-0.4, -0.2) is 28.5 Å². The molecule has 1 aromatic heterocycles. The first-order valence-electron chi connectivity index (χ1n) is 7.75. The highest BCUT2D eigenvalue weighted by atomic mass is 16.5. The molecule has 122 valence electrons. The number of aromatic nitrogens is 2. The number of rotatable bonds is 7. The van der Waals surface area contributed by atoms with Crippen LogP contribution in [0.15, 0.2) is 36.7 Å². The van der Waals surface area contributed by atoms with Crippen molar-refractivity contribution in [1.82, 2.24) is 9.97 Å². The smallest absolute Gasteiger partial charge is 0.275 e. The van der Waals surface area contributed by atoms with E-state index in [1.807, 2.05) is 19.1 Å². The van der Waals surface area contributed by atoms with Gasteiger partial charge in [0.25, 0.3) is 5.91 Å². The summed E-state index contributed by atoms with van der Waals surface area (Å²) in [5.41, 5.74) is 0.954. The van der Waals surface area contributed by atoms with Crippen molar-refractivity contribution < 1.29 is 9.53 Å². The van der Waals surface area contributed by atoms with Gasteiger partial charge < -0.3 is 15.4 Å². The first kappa shape index (κ1) is 16.7. The van der Waals surface area contributed by atoms with Gasteiger partial charge in [-0.3, -0.25) is 4.79 Å². The van der Waals surface area contributed by atoms with E-state index < -0.39 is 0 Å². The maximum atomic E-state index is 12.1. The van der Waals surface area contributed by atoms with E-state index in [2.05, 4.69) is 34.4 Å². The average Bonchev–Trinajstić information content (AvgIpc) is 2.57. The van der Waals surface area contributed by atoms with E-state index in [1.165, 1.54) is 6.20 Å². The molecule has 0 radical (unpaired) electrons. The lowest BCUT2D eigenvalue weighted by molar-refractivity contribution is 0.102. The molecule has 6 nitrogen and oxygen atoms in total. The number of hydrogen-bond donors (Lipinski definition) is 2. The van der Waals surface area contributed by atoms with Crippen LogP contribution in [0.5, 0.6) is 5.75 Å². The Hall–Kier alpha value is -2.63. The molecule has 1 unspecified atom stereocenters. The number of benzene rings is 1. The maximum Gasteiger partial charge on any atom is 0.275 e. The molecule has 0 saturated heterocycles. The molecule has 1 atom stereocenters. The zero-order valence-electron chi connectivity index (χ0n) is 13.7. The highest BCUT2D eigenvalue weighted by molar-refractivity contribution is 6.02. The molecule has 0 aliphatic heterocycles. The third-order valence-corrected chi connectivity index (χ3v) is 3.31. The topological polar surface area (TPSA) is 76.1 Å². The molecule has 0 aliphatic rings. The maximum absolute atomic E-state index is 12.1. The van der Waals surface area contributed by atoms with Crippen LogP contribution in [0.2, 0.25) is 0 Å². The lowest BCUT2D eigenvalue weighted by Gasteiger charge is -2.11. The third kappa shape index (κ3) is 4.95. The van der Waals surface area contributed by atoms with Crippen LogP contribution in [0.3, 0.4) is 0 Å². The van der Waals surface area contributed by atoms with Crippen LogP contribution in [0, 0.1) is 0 Å². The van der Waals surface area contributed by atoms with Crippen LogP contribution >= 0.6 is 0 Å². The van der Waals surface area contributed by atoms with E-state index in [-0.39, 0.29) is 11.6 Å². The Kier molecular flexibility index (Phi) is 5.91. The minimum absolute atomic E-state index is 0.272. The standard InChI is InChI=1S/C17H22N4O2/c1-4-12(3)20-16-11-18-15(10-19-16)17(22)21-13-6-8-14(9-7-13)23-5-2/h6-12H,4-5H2,1-3H3,(H,19,20)(H,21,22). The van der Waals surface area contributed by atoms with E-state index in [0.717, 1.165) is 12.2 Å². The molecular weight excluding hydrogens is 292 g/mol. The highest BCUT2D eigenvalue weighted by Crippen LogP contribution is 2.16. The van der Waals surface area contributed by atoms with Crippen molar-refractivity contribution in [2.75, 3.05) is 17.2 Å². The van der Waals surface area contributed by atoms with Gasteiger partial charge in [-0.25, -0.2) is 9.97 Å². The summed E-state index contributed by atoms with van der Waals surface area (Å²) in [6.45, 7) is 6.68. The Bertz CT molecular complexity index is 626. The first-order valence-corrected chi connectivity index (χ1v) is 7.75. The number of hydrogen-bond acceptors (Lipinski definition) is 5. The molecule has 0 saturated carbocycles. The predicted molar refractivity (Wildman–Crippen MR) is 91.0 cm³/mol. The number of nitrogens with one attached hydrogen (secondary N) is 2. The van der Waals surface area contributed by atoms with Crippen LogP contribution in [-0.2, 0) is 0 Å². The number of ether oxygens (including phenoxy) is 1. The van der Waals surface area contributed by atoms with E-state index in [4.69, 9.17) is 4.74 Å². The van der Waals surface area contributed by atoms with E-state index in [1.54, 1.807) is 18.3 Å². The Morgan fingerprint density at radius 1 is 1.17 bits per heavy atom. The molecule has 0 fully saturated rings. The summed E-state index contributed by atoms with van der Waals surface area (Å²) < 4.78 is 5.36. The molecule has 2 aromatic rings. The van der Waals surface area contributed by atoms with Crippen molar-refractivity contribution in [3.8, 4) is 5.75 Å². The molecule has 0 spiro atoms. The molecule has 2 rings (SSSR count). The van der Waals surface area contributed by atoms with Crippen molar-refractivity contribution in [3.63, 3.8) is 0 Å². The van der Waals surface area contributed by atoms with Gasteiger partial charge in [-0.15, -0.1) is 0 Å². The molecule has 1 aromatic carbocycles. The van der Waals surface area contributed by atoms with Gasteiger partial charge in [0.1, 0.15) is 17.3 Å². The zero-order chi connectivity index (χ0) is 16.7. The summed E-state index contributed by atoms with van der Waals surface area (Å²) in [5, 5.41) is 5.99. The zero-order valence-corrected chi connectivity index (χ0v) is 13.7. The van der Waals surface area contributed by atoms with Crippen LogP contribution in [0.1, 0.15) is 37.7 Å². The van der Waals surface area contributed by atoms with Gasteiger partial charge in [0.05, 0.1) is 19.0 Å². The fraction of sp³-hybridized carbons (Fsp3) is 0.353. The van der Waals surface area contributed by atoms with Crippen LogP contribution in [0.25, 0.3) is 0 Å². The van der Waals surface area contributed by atoms with Gasteiger partial charge in [-0.2, -0.15) is 0 Å². The summed E-state index contributed by atoms with van der Waals surface area (Å²) in [5.74, 6) is 1.14. The number of carbonyl (C=O) groups excluding carboxylic acids is 1. The molecule has 1 heterocycles. The molecule has 6 heteroatoms. The fourth-order valence-corrected chi connectivity index (χ4v) is 1.87. The lowest BCUT2D eigenvalue weighted by atomic mass is 10.2. The average molecular weight is 314 g/mol. The minimum Gasteiger partial charge on any atom is -0.494 e. The van der Waals surface area contributed by atoms with Gasteiger partial charge in [0.15, 0.2) is 0 Å². The second kappa shape index (κ2) is 8.12. The van der Waals surface area contributed by atoms with Gasteiger partial charge in [-0.05, 0) is 44.5 Å². The summed E-state index contributed by atoms with van der Waals surface area (Å²) in [6.07, 6.45) is 4.02. The third-order valence-electron chi connectivity index (χ3n) is 3.31. The van der Waals surface area contributed by atoms with Gasteiger partial charge >= 0.3 is 0 Å². The minimum atomic E-state index is -0.295. The monoisotopic (exact) mass is 314 g/mol. The normalized spacial score (nSPS) is 11.6. The molecular formula is C17H22N4O2. The molecule has 0 aliphatic carbocycles. The van der Waals surface area contributed by atoms with Crippen molar-refractivity contribution in [2.45, 2.75) is 33.2 Å². The van der Waals surface area contributed by atoms with Gasteiger partial charge in [0.2, 0.25) is 0 Å². The van der Waals surface area contributed by atoms with Crippen molar-refractivity contribution in [2.24, 2.45) is 0 Å². The van der Waals surface area contributed by atoms with E-state index in [0.29, 0.717) is 24.2 Å². The number of carbonyl (C=O) groups is 1. The van der Waals surface area contributed by atoms with Gasteiger partial charge in [0, 0.05) is 11.7 Å². The van der Waals surface area contributed by atoms with Crippen LogP contribution < -0.4 is 15.4 Å². The van der Waals surface area contributed by atoms with Crippen molar-refractivity contribution in [3.05, 3.63) is 42.4 Å². The SMILES string of the molecule is CCOc1ccc(NC(=O)c2cnc(NC(C)CC)cn2)cc1. The Balaban J connectivity index is 1.97. The summed E-state index contributed by atoms with van der Waals surface area (Å²) in [7, 11) is 0. The first-order chi connectivity index (χ1) is 11.1. The number of anilines is 2. The Labute approximate surface area is 136 Å². The molecule has 2 N–H and O–H groups in total. The van der Waals surface area contributed by atoms with Crippen molar-refractivity contribution >= 4 is 17.4 Å². The quantitative estimate of drug-likeness (QED) is 0.819. The fourth-order valence-electron chi connectivity index (χ4n) is 1.87. The predicted octanol–water partition coefficient (Wildman–Crippen LogP) is 3.34. The largest absolute Gasteiger partial charge is 0.494 e. The summed E-state index contributed by atoms with van der Waals surface area (Å²) in [6, 6.07) is 7.51. The van der Waals surface area contributed by atoms with E-state index >= 15 is 0 Å². The summed E-state index contributed by atoms with van der Waals surface area (Å²) >= 11 is 0. The second-order valence-electron chi connectivity index (χ2n) is 5.15.